The van der Waals surface area contributed by atoms with E-state index in [9.17, 15) is 9.13 Å². The van der Waals surface area contributed by atoms with Crippen molar-refractivity contribution in [1.82, 2.24) is 0 Å². The van der Waals surface area contributed by atoms with Gasteiger partial charge in [0.15, 0.2) is 0 Å². The topological polar surface area (TPSA) is 145 Å². The van der Waals surface area contributed by atoms with Crippen LogP contribution in [0.2, 0.25) is 0 Å². The van der Waals surface area contributed by atoms with Crippen molar-refractivity contribution in [1.29, 1.82) is 0 Å². The van der Waals surface area contributed by atoms with E-state index in [0.29, 0.717) is 0 Å². The summed E-state index contributed by atoms with van der Waals surface area (Å²) in [7, 11) is -1.92. The molecule has 1 N–H and O–H groups in total. The second kappa shape index (κ2) is 26.0. The number of hydrogen-bond donors (Lipinski definition) is 1. The van der Waals surface area contributed by atoms with E-state index in [1.165, 1.54) is 0 Å². The third-order valence-electron chi connectivity index (χ3n) is 0.349. The van der Waals surface area contributed by atoms with Crippen LogP contribution in [0.1, 0.15) is 0 Å². The first kappa shape index (κ1) is 26.8. The Morgan fingerprint density at radius 1 is 1.00 bits per heavy atom. The normalized spacial score (nSPS) is 10.4. The van der Waals surface area contributed by atoms with Crippen molar-refractivity contribution in [2.75, 3.05) is 0 Å². The summed E-state index contributed by atoms with van der Waals surface area (Å²) in [4.78, 5) is 0. The van der Waals surface area contributed by atoms with E-state index in [4.69, 9.17) is 9.82 Å². The summed E-state index contributed by atoms with van der Waals surface area (Å²) >= 11 is 0. The van der Waals surface area contributed by atoms with Gasteiger partial charge in [-0.1, -0.05) is 0 Å². The molecule has 0 aliphatic rings. The van der Waals surface area contributed by atoms with Crippen molar-refractivity contribution in [2.24, 2.45) is 0 Å². The molecule has 0 fully saturated rings. The minimum Gasteiger partial charge on any atom is -0.280 e. The molecule has 1 atom stereocenters. The van der Waals surface area contributed by atoms with Crippen LogP contribution in [0.15, 0.2) is 0 Å². The first-order valence-electron chi connectivity index (χ1n) is 2.37. The Kier molecular flexibility index (Phi) is 41.0. The minimum atomic E-state index is -2.88. The zero-order chi connectivity index (χ0) is 11.9. The summed E-state index contributed by atoms with van der Waals surface area (Å²) in [5, 5.41) is 30.6. The Bertz CT molecular complexity index is 166. The minimum absolute atomic E-state index is 0. The standard InChI is InChI=1S/Al.Nb.H2O11P2.HOP/c;;1-4-5-6-7-8-9-10-11-13(3)12-2;1-2/h;;1,13H;2H. The molecular weight excluding hydrogens is 405 g/mol. The van der Waals surface area contributed by atoms with Gasteiger partial charge in [0.2, 0.25) is 0 Å². The van der Waals surface area contributed by atoms with Crippen LogP contribution in [0.4, 0.5) is 0 Å². The van der Waals surface area contributed by atoms with Crippen molar-refractivity contribution < 1.29 is 81.3 Å². The molecule has 1 unspecified atom stereocenters. The second-order valence-corrected chi connectivity index (χ2v) is 3.45. The van der Waals surface area contributed by atoms with Gasteiger partial charge in [-0.05, 0) is 35.3 Å². The van der Waals surface area contributed by atoms with E-state index in [-0.39, 0.29) is 39.7 Å². The molecule has 0 spiro atoms. The molecule has 0 rings (SSSR count). The van der Waals surface area contributed by atoms with Crippen molar-refractivity contribution >= 4 is 42.3 Å². The molecule has 0 amide bonds. The van der Waals surface area contributed by atoms with Gasteiger partial charge in [0, 0.05) is 39.7 Å². The predicted octanol–water partition coefficient (Wildman–Crippen LogP) is 0.770. The molecule has 0 heterocycles. The average Bonchev–Trinajstić information content (AvgIpc) is 2.30. The maximum absolute atomic E-state index is 10.2. The molecule has 98 valence electrons. The van der Waals surface area contributed by atoms with E-state index >= 15 is 0 Å². The van der Waals surface area contributed by atoms with Crippen LogP contribution in [0.3, 0.4) is 0 Å². The van der Waals surface area contributed by atoms with Crippen LogP contribution in [0.25, 0.3) is 0 Å². The smallest absolute Gasteiger partial charge is 0.280 e. The third-order valence-corrected chi connectivity index (χ3v) is 1.38. The summed E-state index contributed by atoms with van der Waals surface area (Å²) < 4.78 is 31.7. The Morgan fingerprint density at radius 2 is 1.41 bits per heavy atom. The van der Waals surface area contributed by atoms with Crippen molar-refractivity contribution in [2.45, 2.75) is 0 Å². The Morgan fingerprint density at radius 3 is 1.82 bits per heavy atom. The van der Waals surface area contributed by atoms with Crippen molar-refractivity contribution in [3.63, 3.8) is 0 Å². The number of rotatable bonds is 9. The fourth-order valence-electron chi connectivity index (χ4n) is 0.116. The van der Waals surface area contributed by atoms with E-state index in [1.807, 2.05) is 0 Å². The average molecular weight is 408 g/mol. The van der Waals surface area contributed by atoms with Gasteiger partial charge in [-0.3, -0.25) is 13.7 Å². The van der Waals surface area contributed by atoms with Gasteiger partial charge in [0.1, 0.15) is 9.12 Å². The number of hydrogen-bond acceptors (Lipinski definition) is 12. The molecule has 12 nitrogen and oxygen atoms in total. The largest absolute Gasteiger partial charge is 0.312 e. The molecule has 0 aliphatic heterocycles. The van der Waals surface area contributed by atoms with Gasteiger partial charge >= 0.3 is 7.72 Å². The van der Waals surface area contributed by atoms with Crippen LogP contribution in [-0.2, 0) is 76.0 Å². The van der Waals surface area contributed by atoms with Crippen molar-refractivity contribution in [3.8, 4) is 0 Å². The molecule has 0 saturated carbocycles. The molecule has 17 heteroatoms. The molecule has 0 aromatic heterocycles. The Labute approximate surface area is 123 Å². The quantitative estimate of drug-likeness (QED) is 0.189. The third kappa shape index (κ3) is 26.8. The van der Waals surface area contributed by atoms with E-state index in [2.05, 4.69) is 39.9 Å². The van der Waals surface area contributed by atoms with Gasteiger partial charge in [0.05, 0.1) is 0 Å². The summed E-state index contributed by atoms with van der Waals surface area (Å²) in [5.41, 5.74) is 0. The molecule has 4 radical (unpaired) electrons. The molecule has 17 heavy (non-hydrogen) atoms. The van der Waals surface area contributed by atoms with Crippen LogP contribution in [-0.4, -0.2) is 22.6 Å². The van der Waals surface area contributed by atoms with Gasteiger partial charge in [0.25, 0.3) is 8.15 Å². The Balaban J connectivity index is -0.000000199. The molecule has 0 saturated heterocycles. The van der Waals surface area contributed by atoms with Gasteiger partial charge in [-0.2, -0.15) is 0 Å². The Hall–Kier alpha value is 1.34. The van der Waals surface area contributed by atoms with Crippen LogP contribution < -0.4 is 0 Å². The van der Waals surface area contributed by atoms with E-state index < -0.39 is 15.9 Å². The maximum atomic E-state index is 10.2. The molecule has 0 aliphatic carbocycles. The van der Waals surface area contributed by atoms with E-state index in [1.54, 1.807) is 9.12 Å². The molecule has 0 aromatic carbocycles. The summed E-state index contributed by atoms with van der Waals surface area (Å²) in [5.74, 6) is 0. The monoisotopic (exact) mass is 408 g/mol. The van der Waals surface area contributed by atoms with Crippen LogP contribution >= 0.6 is 25.0 Å². The van der Waals surface area contributed by atoms with Gasteiger partial charge in [-0.25, -0.2) is 5.26 Å². The maximum Gasteiger partial charge on any atom is 0.312 e. The van der Waals surface area contributed by atoms with Crippen molar-refractivity contribution in [3.05, 3.63) is 0 Å². The predicted molar refractivity (Wildman–Crippen MR) is 42.7 cm³/mol. The second-order valence-electron chi connectivity index (χ2n) is 0.923. The first-order valence-corrected chi connectivity index (χ1v) is 5.75. The molecule has 0 bridgehead atoms. The van der Waals surface area contributed by atoms with Crippen LogP contribution in [0.5, 0.6) is 0 Å². The summed E-state index contributed by atoms with van der Waals surface area (Å²) in [6.07, 6.45) is 0. The zero-order valence-electron chi connectivity index (χ0n) is 7.41. The first-order chi connectivity index (χ1) is 7.31. The van der Waals surface area contributed by atoms with Gasteiger partial charge in [-0.15, -0.1) is 4.67 Å². The SMILES string of the molecule is O=P.O=P[PH](=O)OOOOOOOOO.[Al].[Nb]. The van der Waals surface area contributed by atoms with Gasteiger partial charge < -0.3 is 0 Å². The van der Waals surface area contributed by atoms with Crippen LogP contribution in [0, 0.1) is 0 Å². The fourth-order valence-corrected chi connectivity index (χ4v) is 0.415. The summed E-state index contributed by atoms with van der Waals surface area (Å²) in [6.45, 7) is 0. The molecule has 0 aromatic rings. The molecular formula is H3AlNbO12P3. The zero-order valence-corrected chi connectivity index (χ0v) is 13.7. The summed E-state index contributed by atoms with van der Waals surface area (Å²) in [6, 6.07) is 0. The van der Waals surface area contributed by atoms with E-state index in [0.717, 1.165) is 0 Å². The fraction of sp³-hybridized carbons (Fsp3) is 0.